The van der Waals surface area contributed by atoms with Gasteiger partial charge in [0.05, 0.1) is 29.8 Å². The summed E-state index contributed by atoms with van der Waals surface area (Å²) >= 11 is 1.12. The van der Waals surface area contributed by atoms with Gasteiger partial charge in [-0.3, -0.25) is 19.5 Å². The third-order valence-electron chi connectivity index (χ3n) is 3.84. The van der Waals surface area contributed by atoms with Crippen LogP contribution in [0.3, 0.4) is 0 Å². The molecule has 1 aromatic carbocycles. The molecule has 1 heterocycles. The van der Waals surface area contributed by atoms with E-state index in [9.17, 15) is 14.4 Å². The molecule has 0 radical (unpaired) electrons. The highest BCUT2D eigenvalue weighted by Gasteiger charge is 2.24. The predicted octanol–water partition coefficient (Wildman–Crippen LogP) is 1.12. The average Bonchev–Trinajstić information content (AvgIpc) is 3.43. The Bertz CT molecular complexity index is 879. The molecule has 1 saturated carbocycles. The lowest BCUT2D eigenvalue weighted by molar-refractivity contribution is -0.117. The first-order valence-electron chi connectivity index (χ1n) is 8.30. The van der Waals surface area contributed by atoms with Crippen molar-refractivity contribution in [2.45, 2.75) is 30.6 Å². The van der Waals surface area contributed by atoms with Gasteiger partial charge in [0.1, 0.15) is 0 Å². The number of fused-ring (bicyclic) bond motifs is 1. The van der Waals surface area contributed by atoms with Crippen molar-refractivity contribution in [2.75, 3.05) is 19.5 Å². The Morgan fingerprint density at radius 2 is 2.12 bits per heavy atom. The van der Waals surface area contributed by atoms with Crippen LogP contribution in [0.5, 0.6) is 0 Å². The van der Waals surface area contributed by atoms with Crippen molar-refractivity contribution in [2.24, 2.45) is 0 Å². The van der Waals surface area contributed by atoms with E-state index in [1.165, 1.54) is 4.57 Å². The molecule has 1 aromatic heterocycles. The van der Waals surface area contributed by atoms with E-state index in [1.54, 1.807) is 31.4 Å². The van der Waals surface area contributed by atoms with Crippen LogP contribution in [0.15, 0.2) is 34.2 Å². The number of aromatic nitrogens is 2. The molecule has 0 atom stereocenters. The lowest BCUT2D eigenvalue weighted by Crippen LogP contribution is -2.41. The van der Waals surface area contributed by atoms with E-state index in [0.717, 1.165) is 24.6 Å². The summed E-state index contributed by atoms with van der Waals surface area (Å²) in [4.78, 5) is 40.8. The van der Waals surface area contributed by atoms with Crippen molar-refractivity contribution in [3.8, 4) is 0 Å². The molecular formula is C17H20N4O4S. The van der Waals surface area contributed by atoms with Crippen molar-refractivity contribution < 1.29 is 14.3 Å². The number of thioether (sulfide) groups is 1. The van der Waals surface area contributed by atoms with Crippen LogP contribution in [0.2, 0.25) is 0 Å². The Kier molecular flexibility index (Phi) is 5.89. The third kappa shape index (κ3) is 4.61. The first-order chi connectivity index (χ1) is 12.6. The van der Waals surface area contributed by atoms with Gasteiger partial charge in [0.25, 0.3) is 5.56 Å². The Labute approximate surface area is 154 Å². The standard InChI is InChI=1S/C17H20N4O4S/c1-25-9-8-21-15(23)12-4-2-3-5-13(12)19-17(21)26-10-14(22)20-16(24)18-11-6-7-11/h2-5,11H,6-10H2,1H3,(H2,18,20,22,24). The third-order valence-corrected chi connectivity index (χ3v) is 4.82. The Balaban J connectivity index is 1.73. The summed E-state index contributed by atoms with van der Waals surface area (Å²) in [5, 5.41) is 5.91. The van der Waals surface area contributed by atoms with Crippen LogP contribution >= 0.6 is 11.8 Å². The van der Waals surface area contributed by atoms with Crippen LogP contribution in [-0.2, 0) is 16.1 Å². The maximum Gasteiger partial charge on any atom is 0.321 e. The number of urea groups is 1. The zero-order valence-corrected chi connectivity index (χ0v) is 15.2. The number of imide groups is 1. The number of ether oxygens (including phenoxy) is 1. The molecule has 26 heavy (non-hydrogen) atoms. The molecule has 138 valence electrons. The number of benzene rings is 1. The molecule has 0 spiro atoms. The summed E-state index contributed by atoms with van der Waals surface area (Å²) in [6.45, 7) is 0.683. The fourth-order valence-electron chi connectivity index (χ4n) is 2.38. The van der Waals surface area contributed by atoms with Gasteiger partial charge in [0.2, 0.25) is 5.91 Å². The number of carbonyl (C=O) groups excluding carboxylic acids is 2. The van der Waals surface area contributed by atoms with Crippen molar-refractivity contribution in [1.29, 1.82) is 0 Å². The number of nitrogens with one attached hydrogen (secondary N) is 2. The molecule has 2 aromatic rings. The van der Waals surface area contributed by atoms with Gasteiger partial charge in [0, 0.05) is 13.2 Å². The molecule has 9 heteroatoms. The summed E-state index contributed by atoms with van der Waals surface area (Å²) in [5.41, 5.74) is 0.391. The summed E-state index contributed by atoms with van der Waals surface area (Å²) in [6.07, 6.45) is 1.90. The second-order valence-electron chi connectivity index (χ2n) is 5.95. The Morgan fingerprint density at radius 3 is 2.85 bits per heavy atom. The minimum absolute atomic E-state index is 0.0180. The molecule has 3 amide bonds. The normalized spacial score (nSPS) is 13.6. The van der Waals surface area contributed by atoms with E-state index >= 15 is 0 Å². The van der Waals surface area contributed by atoms with Crippen LogP contribution in [-0.4, -0.2) is 47.0 Å². The van der Waals surface area contributed by atoms with Crippen LogP contribution in [0.4, 0.5) is 4.79 Å². The number of para-hydroxylation sites is 1. The fraction of sp³-hybridized carbons (Fsp3) is 0.412. The van der Waals surface area contributed by atoms with Gasteiger partial charge >= 0.3 is 6.03 Å². The lowest BCUT2D eigenvalue weighted by Gasteiger charge is -2.12. The van der Waals surface area contributed by atoms with E-state index in [0.29, 0.717) is 29.2 Å². The van der Waals surface area contributed by atoms with Gasteiger partial charge in [-0.1, -0.05) is 23.9 Å². The largest absolute Gasteiger partial charge is 0.383 e. The molecule has 0 saturated heterocycles. The van der Waals surface area contributed by atoms with Crippen LogP contribution < -0.4 is 16.2 Å². The van der Waals surface area contributed by atoms with Crippen molar-refractivity contribution in [3.05, 3.63) is 34.6 Å². The summed E-state index contributed by atoms with van der Waals surface area (Å²) in [6, 6.07) is 6.75. The number of nitrogens with zero attached hydrogens (tertiary/aromatic N) is 2. The highest BCUT2D eigenvalue weighted by molar-refractivity contribution is 7.99. The van der Waals surface area contributed by atoms with Crippen LogP contribution in [0.1, 0.15) is 12.8 Å². The maximum absolute atomic E-state index is 12.7. The van der Waals surface area contributed by atoms with Crippen LogP contribution in [0, 0.1) is 0 Å². The van der Waals surface area contributed by atoms with E-state index in [-0.39, 0.29) is 17.4 Å². The van der Waals surface area contributed by atoms with Gasteiger partial charge < -0.3 is 10.1 Å². The molecular weight excluding hydrogens is 356 g/mol. The number of hydrogen-bond acceptors (Lipinski definition) is 6. The molecule has 8 nitrogen and oxygen atoms in total. The summed E-state index contributed by atoms with van der Waals surface area (Å²) in [7, 11) is 1.55. The molecule has 1 fully saturated rings. The first-order valence-corrected chi connectivity index (χ1v) is 9.28. The number of amides is 3. The van der Waals surface area contributed by atoms with Crippen LogP contribution in [0.25, 0.3) is 10.9 Å². The molecule has 1 aliphatic rings. The monoisotopic (exact) mass is 376 g/mol. The highest BCUT2D eigenvalue weighted by Crippen LogP contribution is 2.19. The average molecular weight is 376 g/mol. The van der Waals surface area contributed by atoms with E-state index < -0.39 is 11.9 Å². The topological polar surface area (TPSA) is 102 Å². The SMILES string of the molecule is COCCn1c(SCC(=O)NC(=O)NC2CC2)nc2ccccc2c1=O. The second kappa shape index (κ2) is 8.33. The smallest absolute Gasteiger partial charge is 0.321 e. The lowest BCUT2D eigenvalue weighted by atomic mass is 10.2. The second-order valence-corrected chi connectivity index (χ2v) is 6.89. The fourth-order valence-corrected chi connectivity index (χ4v) is 3.20. The minimum Gasteiger partial charge on any atom is -0.383 e. The van der Waals surface area contributed by atoms with Crippen molar-refractivity contribution in [1.82, 2.24) is 20.2 Å². The maximum atomic E-state index is 12.7. The molecule has 0 unspecified atom stereocenters. The minimum atomic E-state index is -0.485. The van der Waals surface area contributed by atoms with Gasteiger partial charge in [-0.15, -0.1) is 0 Å². The van der Waals surface area contributed by atoms with Gasteiger partial charge in [-0.2, -0.15) is 0 Å². The molecule has 1 aliphatic carbocycles. The van der Waals surface area contributed by atoms with Gasteiger partial charge in [-0.25, -0.2) is 9.78 Å². The van der Waals surface area contributed by atoms with Crippen molar-refractivity contribution >= 4 is 34.6 Å². The zero-order chi connectivity index (χ0) is 18.5. The number of hydrogen-bond donors (Lipinski definition) is 2. The predicted molar refractivity (Wildman–Crippen MR) is 98.3 cm³/mol. The Morgan fingerprint density at radius 1 is 1.35 bits per heavy atom. The summed E-state index contributed by atoms with van der Waals surface area (Å²) < 4.78 is 6.55. The van der Waals surface area contributed by atoms with Gasteiger partial charge in [0.15, 0.2) is 5.16 Å². The molecule has 0 bridgehead atoms. The number of methoxy groups -OCH3 is 1. The van der Waals surface area contributed by atoms with E-state index in [2.05, 4.69) is 15.6 Å². The highest BCUT2D eigenvalue weighted by atomic mass is 32.2. The van der Waals surface area contributed by atoms with E-state index in [1.807, 2.05) is 0 Å². The quantitative estimate of drug-likeness (QED) is 0.555. The zero-order valence-electron chi connectivity index (χ0n) is 14.4. The van der Waals surface area contributed by atoms with Gasteiger partial charge in [-0.05, 0) is 25.0 Å². The molecule has 3 rings (SSSR count). The van der Waals surface area contributed by atoms with E-state index in [4.69, 9.17) is 4.74 Å². The number of rotatable bonds is 7. The van der Waals surface area contributed by atoms with Crippen molar-refractivity contribution in [3.63, 3.8) is 0 Å². The Hall–Kier alpha value is -2.39. The molecule has 2 N–H and O–H groups in total. The summed E-state index contributed by atoms with van der Waals surface area (Å²) in [5.74, 6) is -0.454. The molecule has 0 aliphatic heterocycles. The first kappa shape index (κ1) is 18.4. The number of carbonyl (C=O) groups is 2.